The highest BCUT2D eigenvalue weighted by Gasteiger charge is 2.62. The van der Waals surface area contributed by atoms with Crippen molar-refractivity contribution in [1.82, 2.24) is 0 Å². The molecule has 3 fully saturated rings. The van der Waals surface area contributed by atoms with Gasteiger partial charge in [0.15, 0.2) is 0 Å². The maximum Gasteiger partial charge on any atom is 0.137 e. The van der Waals surface area contributed by atoms with Gasteiger partial charge < -0.3 is 15.5 Å². The van der Waals surface area contributed by atoms with Gasteiger partial charge in [-0.05, 0) is 72.8 Å². The van der Waals surface area contributed by atoms with E-state index < -0.39 is 5.60 Å². The molecule has 0 radical (unpaired) electrons. The predicted octanol–water partition coefficient (Wildman–Crippen LogP) is 4.35. The zero-order chi connectivity index (χ0) is 22.5. The zero-order valence-corrected chi connectivity index (χ0v) is 19.1. The zero-order valence-electron chi connectivity index (χ0n) is 19.1. The number of carbonyl (C=O) groups is 1. The molecule has 3 N–H and O–H groups in total. The van der Waals surface area contributed by atoms with Crippen molar-refractivity contribution in [3.63, 3.8) is 0 Å². The summed E-state index contributed by atoms with van der Waals surface area (Å²) in [6.45, 7) is 1.99. The minimum Gasteiger partial charge on any atom is -0.388 e. The average molecular weight is 432 g/mol. The highest BCUT2D eigenvalue weighted by molar-refractivity contribution is 5.84. The molecule has 32 heavy (non-hydrogen) atoms. The first kappa shape index (κ1) is 21.5. The van der Waals surface area contributed by atoms with E-state index in [-0.39, 0.29) is 17.9 Å². The number of allylic oxidation sites excluding steroid dienone is 4. The molecule has 5 rings (SSSR count). The summed E-state index contributed by atoms with van der Waals surface area (Å²) in [6.07, 6.45) is 7.75. The summed E-state index contributed by atoms with van der Waals surface area (Å²) in [5, 5.41) is 24.2. The van der Waals surface area contributed by atoms with Crippen molar-refractivity contribution in [3.8, 4) is 11.8 Å². The van der Waals surface area contributed by atoms with E-state index in [1.807, 2.05) is 7.05 Å². The van der Waals surface area contributed by atoms with Crippen molar-refractivity contribution in [3.05, 3.63) is 52.6 Å². The van der Waals surface area contributed by atoms with E-state index in [0.29, 0.717) is 36.9 Å². The normalized spacial score (nSPS) is 35.8. The fraction of sp³-hybridized carbons (Fsp3) is 0.536. The van der Waals surface area contributed by atoms with Crippen molar-refractivity contribution in [2.75, 3.05) is 19.0 Å². The number of benzene rings is 1. The number of Topliss-reactive ketones (excluding diaryl/α,β-unsaturated/α-hetero) is 1. The molecular weight excluding hydrogens is 398 g/mol. The molecule has 0 unspecified atom stereocenters. The van der Waals surface area contributed by atoms with Gasteiger partial charge in [0.05, 0.1) is 0 Å². The van der Waals surface area contributed by atoms with Crippen LogP contribution in [0, 0.1) is 29.1 Å². The lowest BCUT2D eigenvalue weighted by Gasteiger charge is -2.53. The Bertz CT molecular complexity index is 1060. The Hall–Kier alpha value is -2.35. The molecule has 3 saturated carbocycles. The number of rotatable bonds is 2. The van der Waals surface area contributed by atoms with E-state index in [0.717, 1.165) is 31.4 Å². The molecule has 4 aliphatic carbocycles. The standard InChI is InChI=1S/C28H33NO3/c1-27-17-24(18-4-7-20(29-2)8-5-18)26-22-11-9-21(31)16-19(22)6-10-23(26)25(27)12-14-28(27,32)13-3-15-30/h4-8,23-25,29-30,32H,9-12,14-17H2,1-2H3/t23-,24+,25-,27-,28-/m0/s1. The number of hydrogen-bond donors (Lipinski definition) is 3. The molecule has 5 atom stereocenters. The van der Waals surface area contributed by atoms with Crippen LogP contribution in [0.5, 0.6) is 0 Å². The first-order chi connectivity index (χ1) is 15.4. The maximum absolute atomic E-state index is 12.2. The molecule has 0 amide bonds. The van der Waals surface area contributed by atoms with Gasteiger partial charge in [-0.1, -0.05) is 42.5 Å². The van der Waals surface area contributed by atoms with Gasteiger partial charge in [0.1, 0.15) is 18.0 Å². The molecule has 4 heteroatoms. The molecule has 4 nitrogen and oxygen atoms in total. The van der Waals surface area contributed by atoms with Crippen LogP contribution < -0.4 is 5.32 Å². The Morgan fingerprint density at radius 2 is 2.00 bits per heavy atom. The van der Waals surface area contributed by atoms with E-state index in [4.69, 9.17) is 0 Å². The first-order valence-corrected chi connectivity index (χ1v) is 11.9. The van der Waals surface area contributed by atoms with Gasteiger partial charge in [0.2, 0.25) is 0 Å². The summed E-state index contributed by atoms with van der Waals surface area (Å²) < 4.78 is 0. The number of anilines is 1. The third-order valence-corrected chi connectivity index (χ3v) is 8.84. The number of ketones is 1. The quantitative estimate of drug-likeness (QED) is 0.609. The lowest BCUT2D eigenvalue weighted by Crippen LogP contribution is -2.50. The number of nitrogens with one attached hydrogen (secondary N) is 1. The van der Waals surface area contributed by atoms with Crippen molar-refractivity contribution in [1.29, 1.82) is 0 Å². The second-order valence-electron chi connectivity index (χ2n) is 10.2. The summed E-state index contributed by atoms with van der Waals surface area (Å²) in [4.78, 5) is 12.2. The van der Waals surface area contributed by atoms with E-state index in [2.05, 4.69) is 54.4 Å². The van der Waals surface area contributed by atoms with Gasteiger partial charge in [-0.15, -0.1) is 0 Å². The summed E-state index contributed by atoms with van der Waals surface area (Å²) in [5.74, 6) is 7.12. The van der Waals surface area contributed by atoms with Crippen LogP contribution in [0.3, 0.4) is 0 Å². The smallest absolute Gasteiger partial charge is 0.137 e. The van der Waals surface area contributed by atoms with Crippen LogP contribution in [0.2, 0.25) is 0 Å². The highest BCUT2D eigenvalue weighted by atomic mass is 16.3. The Kier molecular flexibility index (Phi) is 5.31. The van der Waals surface area contributed by atoms with Gasteiger partial charge in [0.25, 0.3) is 0 Å². The monoisotopic (exact) mass is 431 g/mol. The fourth-order valence-corrected chi connectivity index (χ4v) is 7.17. The second-order valence-corrected chi connectivity index (χ2v) is 10.2. The largest absolute Gasteiger partial charge is 0.388 e. The van der Waals surface area contributed by atoms with Crippen LogP contribution in [-0.2, 0) is 4.79 Å². The molecule has 1 aromatic carbocycles. The van der Waals surface area contributed by atoms with Gasteiger partial charge in [-0.3, -0.25) is 4.79 Å². The van der Waals surface area contributed by atoms with Crippen molar-refractivity contribution < 1.29 is 15.0 Å². The summed E-state index contributed by atoms with van der Waals surface area (Å²) in [6, 6.07) is 8.68. The Morgan fingerprint density at radius 3 is 2.72 bits per heavy atom. The van der Waals surface area contributed by atoms with Crippen LogP contribution in [0.25, 0.3) is 0 Å². The van der Waals surface area contributed by atoms with Gasteiger partial charge >= 0.3 is 0 Å². The Balaban J connectivity index is 1.64. The van der Waals surface area contributed by atoms with Gasteiger partial charge in [-0.25, -0.2) is 0 Å². The van der Waals surface area contributed by atoms with Crippen molar-refractivity contribution >= 4 is 11.5 Å². The topological polar surface area (TPSA) is 69.6 Å². The lowest BCUT2D eigenvalue weighted by molar-refractivity contribution is -0.118. The van der Waals surface area contributed by atoms with Crippen LogP contribution >= 0.6 is 0 Å². The van der Waals surface area contributed by atoms with Crippen LogP contribution in [0.4, 0.5) is 5.69 Å². The minimum absolute atomic E-state index is 0.208. The average Bonchev–Trinajstić information content (AvgIpc) is 3.07. The summed E-state index contributed by atoms with van der Waals surface area (Å²) >= 11 is 0. The molecule has 0 heterocycles. The summed E-state index contributed by atoms with van der Waals surface area (Å²) in [7, 11) is 1.93. The third-order valence-electron chi connectivity index (χ3n) is 8.84. The maximum atomic E-state index is 12.2. The summed E-state index contributed by atoms with van der Waals surface area (Å²) in [5.41, 5.74) is 5.14. The Labute approximate surface area is 190 Å². The molecular formula is C28H33NO3. The number of aliphatic hydroxyl groups is 2. The number of hydrogen-bond acceptors (Lipinski definition) is 4. The van der Waals surface area contributed by atoms with Crippen LogP contribution in [-0.4, -0.2) is 35.3 Å². The van der Waals surface area contributed by atoms with E-state index in [9.17, 15) is 15.0 Å². The van der Waals surface area contributed by atoms with Crippen molar-refractivity contribution in [2.24, 2.45) is 17.3 Å². The molecule has 0 saturated heterocycles. The molecule has 0 aliphatic heterocycles. The van der Waals surface area contributed by atoms with Gasteiger partial charge in [0, 0.05) is 36.9 Å². The number of carbonyl (C=O) groups excluding carboxylic acids is 1. The highest BCUT2D eigenvalue weighted by Crippen LogP contribution is 2.66. The SMILES string of the molecule is CNc1ccc([C@H]2C[C@@]3(C)[C@@H](CC[C@@]3(O)C#CCO)[C@@H]3CC=C4CC(=O)CCC4=C32)cc1. The van der Waals surface area contributed by atoms with Crippen LogP contribution in [0.15, 0.2) is 47.1 Å². The van der Waals surface area contributed by atoms with E-state index in [1.54, 1.807) is 0 Å². The van der Waals surface area contributed by atoms with Crippen LogP contribution in [0.1, 0.15) is 63.4 Å². The molecule has 1 aromatic rings. The Morgan fingerprint density at radius 1 is 1.22 bits per heavy atom. The molecule has 168 valence electrons. The first-order valence-electron chi connectivity index (χ1n) is 11.9. The molecule has 0 bridgehead atoms. The van der Waals surface area contributed by atoms with E-state index >= 15 is 0 Å². The third kappa shape index (κ3) is 3.17. The van der Waals surface area contributed by atoms with Crippen molar-refractivity contribution in [2.45, 2.75) is 63.4 Å². The lowest BCUT2D eigenvalue weighted by atomic mass is 9.51. The molecule has 0 spiro atoms. The van der Waals surface area contributed by atoms with Gasteiger partial charge in [-0.2, -0.15) is 0 Å². The number of fused-ring (bicyclic) bond motifs is 4. The fourth-order valence-electron chi connectivity index (χ4n) is 7.17. The minimum atomic E-state index is -1.08. The molecule has 4 aliphatic rings. The second kappa shape index (κ2) is 7.90. The molecule has 0 aromatic heterocycles. The van der Waals surface area contributed by atoms with E-state index in [1.165, 1.54) is 22.3 Å². The number of aliphatic hydroxyl groups excluding tert-OH is 1. The predicted molar refractivity (Wildman–Crippen MR) is 126 cm³/mol.